The van der Waals surface area contributed by atoms with Crippen LogP contribution in [0.5, 0.6) is 5.75 Å². The summed E-state index contributed by atoms with van der Waals surface area (Å²) < 4.78 is 25.8. The maximum atomic E-state index is 12.9. The molecule has 1 atom stereocenters. The van der Waals surface area contributed by atoms with Gasteiger partial charge < -0.3 is 5.11 Å². The molecular formula is C11H11F2NO. The van der Waals surface area contributed by atoms with Crippen LogP contribution in [0.4, 0.5) is 8.78 Å². The molecule has 0 amide bonds. The number of rotatable bonds is 3. The zero-order valence-corrected chi connectivity index (χ0v) is 8.22. The lowest BCUT2D eigenvalue weighted by molar-refractivity contribution is 0.395. The number of halogens is 2. The molecule has 4 heteroatoms. The summed E-state index contributed by atoms with van der Waals surface area (Å²) in [4.78, 5) is 0. The fraction of sp³-hybridized carbons (Fsp3) is 0.273. The molecule has 0 radical (unpaired) electrons. The summed E-state index contributed by atoms with van der Waals surface area (Å²) in [6, 6.07) is 1.95. The molecule has 1 unspecified atom stereocenters. The monoisotopic (exact) mass is 211 g/mol. The van der Waals surface area contributed by atoms with Crippen LogP contribution in [0.1, 0.15) is 12.5 Å². The molecule has 0 aliphatic carbocycles. The van der Waals surface area contributed by atoms with E-state index in [1.54, 1.807) is 6.92 Å². The normalized spacial score (nSPS) is 12.1. The SMILES string of the molecule is C#CC(C)NCc1cc(F)c(O)c(F)c1. The third-order valence-electron chi connectivity index (χ3n) is 1.94. The first-order valence-electron chi connectivity index (χ1n) is 4.41. The Kier molecular flexibility index (Phi) is 3.64. The van der Waals surface area contributed by atoms with Crippen molar-refractivity contribution in [1.82, 2.24) is 5.32 Å². The Morgan fingerprint density at radius 2 is 2.00 bits per heavy atom. The highest BCUT2D eigenvalue weighted by Crippen LogP contribution is 2.21. The van der Waals surface area contributed by atoms with Gasteiger partial charge >= 0.3 is 0 Å². The molecule has 15 heavy (non-hydrogen) atoms. The van der Waals surface area contributed by atoms with Crippen LogP contribution in [0, 0.1) is 24.0 Å². The van der Waals surface area contributed by atoms with Crippen molar-refractivity contribution < 1.29 is 13.9 Å². The van der Waals surface area contributed by atoms with E-state index in [0.29, 0.717) is 5.56 Å². The van der Waals surface area contributed by atoms with Crippen molar-refractivity contribution in [3.8, 4) is 18.1 Å². The number of hydrogen-bond acceptors (Lipinski definition) is 2. The summed E-state index contributed by atoms with van der Waals surface area (Å²) in [6.07, 6.45) is 5.12. The Balaban J connectivity index is 2.76. The minimum Gasteiger partial charge on any atom is -0.503 e. The molecule has 1 aromatic carbocycles. The number of phenolic OH excluding ortho intramolecular Hbond substituents is 1. The molecule has 0 heterocycles. The third-order valence-corrected chi connectivity index (χ3v) is 1.94. The van der Waals surface area contributed by atoms with E-state index in [9.17, 15) is 8.78 Å². The van der Waals surface area contributed by atoms with Gasteiger partial charge in [0.05, 0.1) is 6.04 Å². The number of terminal acetylenes is 1. The minimum atomic E-state index is -0.972. The van der Waals surface area contributed by atoms with E-state index in [-0.39, 0.29) is 12.6 Å². The molecular weight excluding hydrogens is 200 g/mol. The molecule has 0 aliphatic rings. The van der Waals surface area contributed by atoms with Crippen molar-refractivity contribution >= 4 is 0 Å². The Morgan fingerprint density at radius 3 is 2.47 bits per heavy atom. The van der Waals surface area contributed by atoms with E-state index in [2.05, 4.69) is 11.2 Å². The Morgan fingerprint density at radius 1 is 1.47 bits per heavy atom. The summed E-state index contributed by atoms with van der Waals surface area (Å²) in [5, 5.41) is 11.7. The summed E-state index contributed by atoms with van der Waals surface area (Å²) in [5.41, 5.74) is 0.393. The molecule has 0 saturated heterocycles. The summed E-state index contributed by atoms with van der Waals surface area (Å²) in [7, 11) is 0. The molecule has 0 bridgehead atoms. The van der Waals surface area contributed by atoms with Crippen LogP contribution >= 0.6 is 0 Å². The topological polar surface area (TPSA) is 32.3 Å². The number of aromatic hydroxyl groups is 1. The second-order valence-corrected chi connectivity index (χ2v) is 3.18. The summed E-state index contributed by atoms with van der Waals surface area (Å²) in [6.45, 7) is 2.01. The largest absolute Gasteiger partial charge is 0.503 e. The zero-order chi connectivity index (χ0) is 11.4. The summed E-state index contributed by atoms with van der Waals surface area (Å²) in [5.74, 6) is -0.471. The van der Waals surface area contributed by atoms with E-state index in [1.807, 2.05) is 0 Å². The number of benzene rings is 1. The first kappa shape index (κ1) is 11.5. The quantitative estimate of drug-likeness (QED) is 0.747. The van der Waals surface area contributed by atoms with E-state index in [0.717, 1.165) is 12.1 Å². The molecule has 0 aliphatic heterocycles. The van der Waals surface area contributed by atoms with Gasteiger partial charge in [0.2, 0.25) is 0 Å². The molecule has 0 spiro atoms. The van der Waals surface area contributed by atoms with E-state index in [1.165, 1.54) is 0 Å². The Hall–Kier alpha value is -1.60. The highest BCUT2D eigenvalue weighted by Gasteiger charge is 2.09. The van der Waals surface area contributed by atoms with Gasteiger partial charge in [0.25, 0.3) is 0 Å². The average molecular weight is 211 g/mol. The van der Waals surface area contributed by atoms with Gasteiger partial charge in [0.15, 0.2) is 17.4 Å². The van der Waals surface area contributed by atoms with Gasteiger partial charge in [-0.15, -0.1) is 6.42 Å². The average Bonchev–Trinajstić information content (AvgIpc) is 2.22. The van der Waals surface area contributed by atoms with E-state index in [4.69, 9.17) is 11.5 Å². The molecule has 2 N–H and O–H groups in total. The fourth-order valence-electron chi connectivity index (χ4n) is 1.05. The van der Waals surface area contributed by atoms with Crippen LogP contribution in [-0.2, 0) is 6.54 Å². The van der Waals surface area contributed by atoms with E-state index < -0.39 is 17.4 Å². The molecule has 1 rings (SSSR count). The molecule has 1 aromatic rings. The van der Waals surface area contributed by atoms with Crippen LogP contribution < -0.4 is 5.32 Å². The van der Waals surface area contributed by atoms with E-state index >= 15 is 0 Å². The van der Waals surface area contributed by atoms with Crippen molar-refractivity contribution in [2.45, 2.75) is 19.5 Å². The molecule has 0 fully saturated rings. The first-order chi connectivity index (χ1) is 7.04. The van der Waals surface area contributed by atoms with Crippen LogP contribution in [-0.4, -0.2) is 11.1 Å². The molecule has 0 saturated carbocycles. The van der Waals surface area contributed by atoms with Gasteiger partial charge in [0.1, 0.15) is 0 Å². The smallest absolute Gasteiger partial charge is 0.187 e. The predicted octanol–water partition coefficient (Wildman–Crippen LogP) is 1.78. The zero-order valence-electron chi connectivity index (χ0n) is 8.22. The number of nitrogens with one attached hydrogen (secondary N) is 1. The van der Waals surface area contributed by atoms with Gasteiger partial charge in [-0.05, 0) is 24.6 Å². The van der Waals surface area contributed by atoms with Crippen molar-refractivity contribution in [3.63, 3.8) is 0 Å². The predicted molar refractivity (Wildman–Crippen MR) is 53.2 cm³/mol. The van der Waals surface area contributed by atoms with Gasteiger partial charge in [0, 0.05) is 6.54 Å². The van der Waals surface area contributed by atoms with Crippen LogP contribution in [0.3, 0.4) is 0 Å². The lowest BCUT2D eigenvalue weighted by Crippen LogP contribution is -2.23. The number of phenols is 1. The van der Waals surface area contributed by atoms with Gasteiger partial charge in [-0.2, -0.15) is 0 Å². The standard InChI is InChI=1S/C11H11F2NO/c1-3-7(2)14-6-8-4-9(12)11(15)10(13)5-8/h1,4-5,7,14-15H,6H2,2H3. The van der Waals surface area contributed by atoms with Crippen LogP contribution in [0.15, 0.2) is 12.1 Å². The first-order valence-corrected chi connectivity index (χ1v) is 4.41. The van der Waals surface area contributed by atoms with Crippen molar-refractivity contribution in [2.24, 2.45) is 0 Å². The third kappa shape index (κ3) is 2.93. The van der Waals surface area contributed by atoms with Gasteiger partial charge in [-0.25, -0.2) is 8.78 Å². The van der Waals surface area contributed by atoms with Gasteiger partial charge in [-0.1, -0.05) is 5.92 Å². The highest BCUT2D eigenvalue weighted by molar-refractivity contribution is 5.30. The fourth-order valence-corrected chi connectivity index (χ4v) is 1.05. The lowest BCUT2D eigenvalue weighted by atomic mass is 10.2. The molecule has 2 nitrogen and oxygen atoms in total. The van der Waals surface area contributed by atoms with Gasteiger partial charge in [-0.3, -0.25) is 5.32 Å². The molecule has 0 aromatic heterocycles. The summed E-state index contributed by atoms with van der Waals surface area (Å²) >= 11 is 0. The van der Waals surface area contributed by atoms with Crippen LogP contribution in [0.25, 0.3) is 0 Å². The maximum Gasteiger partial charge on any atom is 0.187 e. The maximum absolute atomic E-state index is 12.9. The molecule has 80 valence electrons. The van der Waals surface area contributed by atoms with Crippen molar-refractivity contribution in [1.29, 1.82) is 0 Å². The van der Waals surface area contributed by atoms with Crippen molar-refractivity contribution in [3.05, 3.63) is 29.3 Å². The van der Waals surface area contributed by atoms with Crippen LogP contribution in [0.2, 0.25) is 0 Å². The Bertz CT molecular complexity index is 375. The lowest BCUT2D eigenvalue weighted by Gasteiger charge is -2.08. The van der Waals surface area contributed by atoms with Crippen molar-refractivity contribution in [2.75, 3.05) is 0 Å². The Labute approximate surface area is 86.9 Å². The second-order valence-electron chi connectivity index (χ2n) is 3.18. The highest BCUT2D eigenvalue weighted by atomic mass is 19.1. The second kappa shape index (κ2) is 4.76. The minimum absolute atomic E-state index is 0.176. The number of hydrogen-bond donors (Lipinski definition) is 2.